The first-order chi connectivity index (χ1) is 19.4. The third-order valence-electron chi connectivity index (χ3n) is 6.47. The van der Waals surface area contributed by atoms with Crippen molar-refractivity contribution in [1.29, 1.82) is 5.26 Å². The van der Waals surface area contributed by atoms with Gasteiger partial charge in [-0.3, -0.25) is 9.36 Å². The van der Waals surface area contributed by atoms with Crippen molar-refractivity contribution in [3.8, 4) is 28.9 Å². The van der Waals surface area contributed by atoms with Crippen LogP contribution in [0.15, 0.2) is 80.1 Å². The Bertz CT molecular complexity index is 1870. The smallest absolute Gasteiger partial charge is 0.338 e. The van der Waals surface area contributed by atoms with Crippen LogP contribution in [0.25, 0.3) is 17.4 Å². The lowest BCUT2D eigenvalue weighted by molar-refractivity contribution is -0.139. The molecule has 202 valence electrons. The van der Waals surface area contributed by atoms with Crippen molar-refractivity contribution < 1.29 is 23.4 Å². The minimum absolute atomic E-state index is 0.169. The average molecular weight is 556 g/mol. The maximum Gasteiger partial charge on any atom is 0.338 e. The van der Waals surface area contributed by atoms with Gasteiger partial charge in [-0.1, -0.05) is 23.5 Å². The molecule has 10 heteroatoms. The number of hydrogen-bond acceptors (Lipinski definition) is 9. The molecule has 9 nitrogen and oxygen atoms in total. The largest absolute Gasteiger partial charge is 0.497 e. The van der Waals surface area contributed by atoms with E-state index >= 15 is 0 Å². The van der Waals surface area contributed by atoms with Crippen LogP contribution in [0.5, 0.6) is 11.5 Å². The molecule has 0 saturated heterocycles. The van der Waals surface area contributed by atoms with Gasteiger partial charge in [0.1, 0.15) is 29.1 Å². The summed E-state index contributed by atoms with van der Waals surface area (Å²) in [6.07, 6.45) is 1.63. The first kappa shape index (κ1) is 26.7. The Morgan fingerprint density at radius 3 is 2.70 bits per heavy atom. The van der Waals surface area contributed by atoms with E-state index in [4.69, 9.17) is 18.6 Å². The van der Waals surface area contributed by atoms with Crippen molar-refractivity contribution in [3.05, 3.63) is 102 Å². The molecule has 1 atom stereocenters. The number of thiazole rings is 1. The van der Waals surface area contributed by atoms with Crippen molar-refractivity contribution in [2.75, 3.05) is 20.8 Å². The van der Waals surface area contributed by atoms with E-state index in [-0.39, 0.29) is 17.7 Å². The fourth-order valence-corrected chi connectivity index (χ4v) is 5.66. The first-order valence-corrected chi connectivity index (χ1v) is 13.2. The van der Waals surface area contributed by atoms with Gasteiger partial charge in [0, 0.05) is 23.3 Å². The summed E-state index contributed by atoms with van der Waals surface area (Å²) >= 11 is 1.18. The molecule has 40 heavy (non-hydrogen) atoms. The number of fused-ring (bicyclic) bond motifs is 1. The summed E-state index contributed by atoms with van der Waals surface area (Å²) in [4.78, 5) is 32.1. The standard InChI is InChI=1S/C30H25N3O6S/c1-5-38-29(35)26-17(2)32-30-33(27(26)22-12-10-19(36-3)14-24(22)37-4)28(34)25(40-30)15-20-11-13-23(39-20)21-9-7-6-8-18(21)16-31/h6-15,27H,5H2,1-4H3/b25-15+/t27-/m1/s1. The van der Waals surface area contributed by atoms with E-state index in [9.17, 15) is 14.9 Å². The number of methoxy groups -OCH3 is 2. The van der Waals surface area contributed by atoms with Gasteiger partial charge in [-0.25, -0.2) is 9.79 Å². The van der Waals surface area contributed by atoms with Crippen LogP contribution in [0.3, 0.4) is 0 Å². The Balaban J connectivity index is 1.68. The molecule has 1 aliphatic rings. The van der Waals surface area contributed by atoms with E-state index in [0.717, 1.165) is 0 Å². The zero-order valence-electron chi connectivity index (χ0n) is 22.3. The molecule has 5 rings (SSSR count). The topological polar surface area (TPSA) is 116 Å². The third-order valence-corrected chi connectivity index (χ3v) is 7.45. The van der Waals surface area contributed by atoms with Gasteiger partial charge in [0.15, 0.2) is 4.80 Å². The van der Waals surface area contributed by atoms with Crippen LogP contribution in [-0.4, -0.2) is 31.4 Å². The highest BCUT2D eigenvalue weighted by Gasteiger charge is 2.35. The lowest BCUT2D eigenvalue weighted by atomic mass is 9.95. The zero-order chi connectivity index (χ0) is 28.4. The van der Waals surface area contributed by atoms with E-state index in [1.54, 1.807) is 75.6 Å². The van der Waals surface area contributed by atoms with Gasteiger partial charge in [0.05, 0.1) is 48.3 Å². The molecule has 0 unspecified atom stereocenters. The van der Waals surface area contributed by atoms with Gasteiger partial charge in [-0.05, 0) is 50.2 Å². The molecule has 2 aromatic carbocycles. The van der Waals surface area contributed by atoms with Crippen LogP contribution < -0.4 is 24.4 Å². The van der Waals surface area contributed by atoms with E-state index in [2.05, 4.69) is 11.1 Å². The molecule has 0 bridgehead atoms. The SMILES string of the molecule is CCOC(=O)C1=C(C)N=c2s/c(=C/c3ccc(-c4ccccc4C#N)o3)c(=O)n2[C@@H]1c1ccc(OC)cc1OC. The summed E-state index contributed by atoms with van der Waals surface area (Å²) in [5, 5.41) is 9.45. The number of carbonyl (C=O) groups is 1. The van der Waals surface area contributed by atoms with Crippen molar-refractivity contribution in [2.45, 2.75) is 19.9 Å². The monoisotopic (exact) mass is 555 g/mol. The molecule has 1 aliphatic heterocycles. The lowest BCUT2D eigenvalue weighted by Gasteiger charge is -2.26. The number of aromatic nitrogens is 1. The number of allylic oxidation sites excluding steroid dienone is 1. The number of nitriles is 1. The summed E-state index contributed by atoms with van der Waals surface area (Å²) < 4.78 is 24.2. The van der Waals surface area contributed by atoms with Crippen molar-refractivity contribution in [3.63, 3.8) is 0 Å². The van der Waals surface area contributed by atoms with Crippen LogP contribution in [0.2, 0.25) is 0 Å². The van der Waals surface area contributed by atoms with Gasteiger partial charge in [-0.15, -0.1) is 0 Å². The number of esters is 1. The van der Waals surface area contributed by atoms with Crippen LogP contribution >= 0.6 is 11.3 Å². The second-order valence-corrected chi connectivity index (χ2v) is 9.78. The molecule has 0 aliphatic carbocycles. The highest BCUT2D eigenvalue weighted by atomic mass is 32.1. The Kier molecular flexibility index (Phi) is 7.40. The maximum absolute atomic E-state index is 13.9. The summed E-state index contributed by atoms with van der Waals surface area (Å²) in [5.41, 5.74) is 2.07. The molecule has 4 aromatic rings. The quantitative estimate of drug-likeness (QED) is 0.317. The van der Waals surface area contributed by atoms with Crippen LogP contribution in [0.4, 0.5) is 0 Å². The minimum Gasteiger partial charge on any atom is -0.497 e. The molecule has 0 spiro atoms. The Morgan fingerprint density at radius 2 is 1.98 bits per heavy atom. The fourth-order valence-electron chi connectivity index (χ4n) is 4.63. The zero-order valence-corrected chi connectivity index (χ0v) is 23.1. The van der Waals surface area contributed by atoms with Crippen molar-refractivity contribution in [2.24, 2.45) is 4.99 Å². The van der Waals surface area contributed by atoms with Crippen molar-refractivity contribution in [1.82, 2.24) is 4.57 Å². The maximum atomic E-state index is 13.9. The van der Waals surface area contributed by atoms with Gasteiger partial charge in [0.25, 0.3) is 5.56 Å². The number of ether oxygens (including phenoxy) is 3. The highest BCUT2D eigenvalue weighted by Crippen LogP contribution is 2.37. The number of nitrogens with zero attached hydrogens (tertiary/aromatic N) is 3. The second kappa shape index (κ2) is 11.1. The average Bonchev–Trinajstić information content (AvgIpc) is 3.56. The van der Waals surface area contributed by atoms with Gasteiger partial charge >= 0.3 is 5.97 Å². The number of benzene rings is 2. The molecule has 3 heterocycles. The number of furan rings is 1. The number of carbonyl (C=O) groups excluding carboxylic acids is 1. The Hall–Kier alpha value is -4.88. The second-order valence-electron chi connectivity index (χ2n) is 8.77. The summed E-state index contributed by atoms with van der Waals surface area (Å²) in [5.74, 6) is 1.40. The Labute approximate surface area is 233 Å². The summed E-state index contributed by atoms with van der Waals surface area (Å²) in [7, 11) is 3.06. The molecule has 2 aromatic heterocycles. The molecular formula is C30H25N3O6S. The molecule has 0 saturated carbocycles. The van der Waals surface area contributed by atoms with E-state index in [1.807, 2.05) is 6.07 Å². The van der Waals surface area contributed by atoms with Gasteiger partial charge in [0.2, 0.25) is 0 Å². The fraction of sp³-hybridized carbons (Fsp3) is 0.200. The number of hydrogen-bond donors (Lipinski definition) is 0. The van der Waals surface area contributed by atoms with Crippen LogP contribution in [0.1, 0.15) is 36.8 Å². The van der Waals surface area contributed by atoms with E-state index in [1.165, 1.54) is 23.0 Å². The van der Waals surface area contributed by atoms with Crippen LogP contribution in [0, 0.1) is 11.3 Å². The highest BCUT2D eigenvalue weighted by molar-refractivity contribution is 7.07. The van der Waals surface area contributed by atoms with Gasteiger partial charge < -0.3 is 18.6 Å². The van der Waals surface area contributed by atoms with Gasteiger partial charge in [-0.2, -0.15) is 5.26 Å². The Morgan fingerprint density at radius 1 is 1.18 bits per heavy atom. The van der Waals surface area contributed by atoms with E-state index in [0.29, 0.717) is 54.7 Å². The predicted octanol–water partition coefficient (Wildman–Crippen LogP) is 3.95. The first-order valence-electron chi connectivity index (χ1n) is 12.4. The minimum atomic E-state index is -0.840. The normalized spacial score (nSPS) is 14.8. The molecule has 0 radical (unpaired) electrons. The molecule has 0 fully saturated rings. The van der Waals surface area contributed by atoms with Crippen molar-refractivity contribution >= 4 is 23.4 Å². The predicted molar refractivity (Wildman–Crippen MR) is 149 cm³/mol. The van der Waals surface area contributed by atoms with Crippen LogP contribution in [-0.2, 0) is 9.53 Å². The summed E-state index contributed by atoms with van der Waals surface area (Å²) in [6, 6.07) is 17.2. The molecule has 0 amide bonds. The summed E-state index contributed by atoms with van der Waals surface area (Å²) in [6.45, 7) is 3.61. The third kappa shape index (κ3) is 4.72. The lowest BCUT2D eigenvalue weighted by Crippen LogP contribution is -2.40. The van der Waals surface area contributed by atoms with E-state index < -0.39 is 12.0 Å². The molecule has 0 N–H and O–H groups in total. The molecular weight excluding hydrogens is 530 g/mol. The number of rotatable bonds is 7.